The van der Waals surface area contributed by atoms with Crippen molar-refractivity contribution in [2.24, 2.45) is 0 Å². The number of hydrogen-bond acceptors (Lipinski definition) is 9. The number of thiazole rings is 1. The smallest absolute Gasteiger partial charge is 0.291 e. The number of methoxy groups -OCH3 is 3. The Hall–Kier alpha value is -3.99. The van der Waals surface area contributed by atoms with Crippen LogP contribution < -0.4 is 24.3 Å². The number of ether oxygens (including phenoxy) is 3. The second-order valence-corrected chi connectivity index (χ2v) is 7.28. The number of hydrogen-bond donors (Lipinski definition) is 0. The summed E-state index contributed by atoms with van der Waals surface area (Å²) in [5, 5.41) is 15.5. The van der Waals surface area contributed by atoms with Crippen molar-refractivity contribution in [2.75, 3.05) is 21.3 Å². The molecule has 2 heterocycles. The molecule has 10 nitrogen and oxygen atoms in total. The van der Waals surface area contributed by atoms with Gasteiger partial charge in [0.05, 0.1) is 36.3 Å². The van der Waals surface area contributed by atoms with Gasteiger partial charge >= 0.3 is 0 Å². The van der Waals surface area contributed by atoms with Gasteiger partial charge in [-0.15, -0.1) is 5.10 Å². The van der Waals surface area contributed by atoms with Crippen molar-refractivity contribution < 1.29 is 19.1 Å². The van der Waals surface area contributed by atoms with Crippen molar-refractivity contribution in [3.05, 3.63) is 67.0 Å². The minimum atomic E-state index is -0.490. The molecule has 0 aliphatic heterocycles. The number of nitro groups is 1. The van der Waals surface area contributed by atoms with E-state index in [1.165, 1.54) is 38.0 Å². The lowest BCUT2D eigenvalue weighted by Gasteiger charge is -2.12. The molecule has 158 valence electrons. The number of nitrogens with zero attached hydrogens (tertiary/aromatic N) is 4. The second kappa shape index (κ2) is 8.03. The van der Waals surface area contributed by atoms with Crippen molar-refractivity contribution in [2.45, 2.75) is 0 Å². The van der Waals surface area contributed by atoms with E-state index in [1.54, 1.807) is 30.3 Å². The molecule has 0 amide bonds. The first-order chi connectivity index (χ1) is 15.0. The van der Waals surface area contributed by atoms with Gasteiger partial charge in [0.1, 0.15) is 0 Å². The molecule has 2 aromatic heterocycles. The monoisotopic (exact) mass is 440 g/mol. The molecule has 0 unspecified atom stereocenters. The molecule has 0 fully saturated rings. The van der Waals surface area contributed by atoms with E-state index in [1.807, 2.05) is 0 Å². The minimum Gasteiger partial charge on any atom is -0.493 e. The van der Waals surface area contributed by atoms with Crippen molar-refractivity contribution in [1.82, 2.24) is 14.6 Å². The molecule has 4 rings (SSSR count). The van der Waals surface area contributed by atoms with Gasteiger partial charge in [-0.05, 0) is 24.3 Å². The lowest BCUT2D eigenvalue weighted by molar-refractivity contribution is -0.385. The Balaban J connectivity index is 1.83. The largest absolute Gasteiger partial charge is 0.493 e. The zero-order chi connectivity index (χ0) is 22.1. The first kappa shape index (κ1) is 20.3. The van der Waals surface area contributed by atoms with E-state index < -0.39 is 10.5 Å². The van der Waals surface area contributed by atoms with Gasteiger partial charge in [-0.25, -0.2) is 0 Å². The van der Waals surface area contributed by atoms with E-state index in [9.17, 15) is 14.9 Å². The first-order valence-electron chi connectivity index (χ1n) is 8.92. The molecular weight excluding hydrogens is 424 g/mol. The zero-order valence-corrected chi connectivity index (χ0v) is 17.5. The molecule has 0 aliphatic rings. The van der Waals surface area contributed by atoms with E-state index in [-0.39, 0.29) is 5.69 Å². The average Bonchev–Trinajstić information content (AvgIpc) is 3.32. The molecule has 0 aliphatic carbocycles. The predicted octanol–water partition coefficient (Wildman–Crippen LogP) is 2.30. The summed E-state index contributed by atoms with van der Waals surface area (Å²) in [4.78, 5) is 28.3. The van der Waals surface area contributed by atoms with Crippen LogP contribution >= 0.6 is 11.3 Å². The third kappa shape index (κ3) is 3.55. The highest BCUT2D eigenvalue weighted by atomic mass is 32.1. The molecule has 0 saturated heterocycles. The number of nitro benzene ring substituents is 1. The molecule has 11 heteroatoms. The first-order valence-corrected chi connectivity index (χ1v) is 9.73. The van der Waals surface area contributed by atoms with Gasteiger partial charge in [0.2, 0.25) is 10.7 Å². The molecule has 4 aromatic rings. The maximum atomic E-state index is 12.8. The topological polar surface area (TPSA) is 118 Å². The van der Waals surface area contributed by atoms with E-state index in [0.29, 0.717) is 43.7 Å². The van der Waals surface area contributed by atoms with Crippen LogP contribution in [0.3, 0.4) is 0 Å². The van der Waals surface area contributed by atoms with Crippen LogP contribution in [0, 0.1) is 10.1 Å². The van der Waals surface area contributed by atoms with Gasteiger partial charge in [0.15, 0.2) is 17.3 Å². The third-order valence-corrected chi connectivity index (χ3v) is 5.48. The van der Waals surface area contributed by atoms with E-state index in [2.05, 4.69) is 10.1 Å². The summed E-state index contributed by atoms with van der Waals surface area (Å²) in [6, 6.07) is 9.57. The summed E-state index contributed by atoms with van der Waals surface area (Å²) >= 11 is 1.09. The Kier molecular flexibility index (Phi) is 5.26. The Morgan fingerprint density at radius 1 is 1.10 bits per heavy atom. The summed E-state index contributed by atoms with van der Waals surface area (Å²) in [6.45, 7) is 0. The van der Waals surface area contributed by atoms with E-state index in [4.69, 9.17) is 14.2 Å². The zero-order valence-electron chi connectivity index (χ0n) is 16.7. The molecule has 0 atom stereocenters. The van der Waals surface area contributed by atoms with Crippen LogP contribution in [0.15, 0.2) is 41.2 Å². The van der Waals surface area contributed by atoms with Gasteiger partial charge < -0.3 is 14.2 Å². The van der Waals surface area contributed by atoms with Gasteiger partial charge in [-0.2, -0.15) is 9.50 Å². The van der Waals surface area contributed by atoms with Gasteiger partial charge in [-0.1, -0.05) is 23.5 Å². The Labute approximate surface area is 179 Å². The van der Waals surface area contributed by atoms with E-state index >= 15 is 0 Å². The summed E-state index contributed by atoms with van der Waals surface area (Å²) in [5.74, 6) is 1.60. The molecule has 0 bridgehead atoms. The maximum Gasteiger partial charge on any atom is 0.291 e. The fourth-order valence-electron chi connectivity index (χ4n) is 3.08. The second-order valence-electron chi connectivity index (χ2n) is 6.28. The lowest BCUT2D eigenvalue weighted by Crippen LogP contribution is -2.23. The summed E-state index contributed by atoms with van der Waals surface area (Å²) in [6.07, 6.45) is 1.47. The Morgan fingerprint density at radius 3 is 2.35 bits per heavy atom. The molecule has 2 aromatic carbocycles. The SMILES string of the molecule is COc1cc(-c2nc3s/c(=C/c4ccccc4[N+](=O)[O-])c(=O)n3n2)cc(OC)c1OC. The summed E-state index contributed by atoms with van der Waals surface area (Å²) in [7, 11) is 4.51. The summed E-state index contributed by atoms with van der Waals surface area (Å²) < 4.78 is 17.5. The van der Waals surface area contributed by atoms with Crippen LogP contribution in [0.4, 0.5) is 5.69 Å². The number of rotatable bonds is 6. The van der Waals surface area contributed by atoms with Gasteiger partial charge in [0.25, 0.3) is 11.2 Å². The van der Waals surface area contributed by atoms with Crippen molar-refractivity contribution in [3.63, 3.8) is 0 Å². The van der Waals surface area contributed by atoms with Gasteiger partial charge in [0, 0.05) is 11.6 Å². The minimum absolute atomic E-state index is 0.0842. The number of benzene rings is 2. The highest BCUT2D eigenvalue weighted by Gasteiger charge is 2.18. The number of fused-ring (bicyclic) bond motifs is 1. The standard InChI is InChI=1S/C20H16N4O6S/c1-28-14-8-12(9-15(29-2)17(14)30-3)18-21-20-23(22-18)19(25)16(31-20)10-11-6-4-5-7-13(11)24(26)27/h4-10H,1-3H3/b16-10+. The van der Waals surface area contributed by atoms with Crippen LogP contribution in [0.1, 0.15) is 5.56 Å². The molecule has 0 radical (unpaired) electrons. The lowest BCUT2D eigenvalue weighted by atomic mass is 10.1. The third-order valence-electron chi connectivity index (χ3n) is 4.52. The molecule has 31 heavy (non-hydrogen) atoms. The predicted molar refractivity (Wildman–Crippen MR) is 114 cm³/mol. The van der Waals surface area contributed by atoms with Crippen LogP contribution in [0.2, 0.25) is 0 Å². The van der Waals surface area contributed by atoms with Crippen LogP contribution in [0.5, 0.6) is 17.2 Å². The quantitative estimate of drug-likeness (QED) is 0.331. The fourth-order valence-corrected chi connectivity index (χ4v) is 3.98. The van der Waals surface area contributed by atoms with Gasteiger partial charge in [-0.3, -0.25) is 14.9 Å². The van der Waals surface area contributed by atoms with Crippen LogP contribution in [0.25, 0.3) is 22.4 Å². The fraction of sp³-hybridized carbons (Fsp3) is 0.150. The Bertz CT molecular complexity index is 1390. The molecular formula is C20H16N4O6S. The highest BCUT2D eigenvalue weighted by molar-refractivity contribution is 7.15. The van der Waals surface area contributed by atoms with Crippen molar-refractivity contribution >= 4 is 28.1 Å². The Morgan fingerprint density at radius 2 is 1.77 bits per heavy atom. The number of para-hydroxylation sites is 1. The molecule has 0 N–H and O–H groups in total. The summed E-state index contributed by atoms with van der Waals surface area (Å²) in [5.41, 5.74) is 0.413. The van der Waals surface area contributed by atoms with Crippen LogP contribution in [-0.2, 0) is 0 Å². The average molecular weight is 440 g/mol. The normalized spacial score (nSPS) is 11.6. The number of aromatic nitrogens is 3. The van der Waals surface area contributed by atoms with Crippen molar-refractivity contribution in [3.8, 4) is 28.6 Å². The molecule has 0 saturated carbocycles. The molecule has 0 spiro atoms. The van der Waals surface area contributed by atoms with Crippen molar-refractivity contribution in [1.29, 1.82) is 0 Å². The van der Waals surface area contributed by atoms with E-state index in [0.717, 1.165) is 11.3 Å². The van der Waals surface area contributed by atoms with Crippen LogP contribution in [-0.4, -0.2) is 40.9 Å². The highest BCUT2D eigenvalue weighted by Crippen LogP contribution is 2.40. The maximum absolute atomic E-state index is 12.8.